The molecule has 2 aromatic heterocycles. The number of nitrogens with zero attached hydrogens (tertiary/aromatic N) is 1. The molecule has 2 N–H and O–H groups in total. The van der Waals surface area contributed by atoms with Crippen molar-refractivity contribution >= 4 is 27.3 Å². The van der Waals surface area contributed by atoms with Gasteiger partial charge in [0.1, 0.15) is 4.60 Å². The van der Waals surface area contributed by atoms with Gasteiger partial charge in [0.25, 0.3) is 0 Å². The van der Waals surface area contributed by atoms with E-state index in [9.17, 15) is 0 Å². The lowest BCUT2D eigenvalue weighted by Gasteiger charge is -2.08. The van der Waals surface area contributed by atoms with Crippen LogP contribution in [0.4, 0.5) is 0 Å². The van der Waals surface area contributed by atoms with Crippen molar-refractivity contribution in [3.63, 3.8) is 0 Å². The van der Waals surface area contributed by atoms with Gasteiger partial charge in [-0.25, -0.2) is 4.98 Å². The molecule has 4 heteroatoms. The summed E-state index contributed by atoms with van der Waals surface area (Å²) in [5, 5.41) is 2.02. The van der Waals surface area contributed by atoms with E-state index in [1.165, 1.54) is 0 Å². The van der Waals surface area contributed by atoms with Crippen molar-refractivity contribution in [1.29, 1.82) is 0 Å². The average Bonchev–Trinajstić information content (AvgIpc) is 2.69. The molecule has 0 aliphatic carbocycles. The molecule has 2 rings (SSSR count). The maximum atomic E-state index is 6.06. The predicted octanol–water partition coefficient (Wildman–Crippen LogP) is 2.95. The number of hydrogen-bond acceptors (Lipinski definition) is 3. The van der Waals surface area contributed by atoms with Gasteiger partial charge >= 0.3 is 0 Å². The Morgan fingerprint density at radius 3 is 2.79 bits per heavy atom. The molecular weight excluding hydrogens is 260 g/mol. The van der Waals surface area contributed by atoms with E-state index in [0.29, 0.717) is 0 Å². The fourth-order valence-electron chi connectivity index (χ4n) is 1.21. The molecule has 1 atom stereocenters. The molecule has 0 unspecified atom stereocenters. The van der Waals surface area contributed by atoms with Crippen LogP contribution < -0.4 is 5.73 Å². The first-order valence-electron chi connectivity index (χ1n) is 4.19. The summed E-state index contributed by atoms with van der Waals surface area (Å²) in [6.45, 7) is 0. The van der Waals surface area contributed by atoms with E-state index in [1.54, 1.807) is 11.3 Å². The first-order chi connectivity index (χ1) is 6.77. The van der Waals surface area contributed by atoms with Crippen LogP contribution in [-0.4, -0.2) is 4.98 Å². The van der Waals surface area contributed by atoms with Gasteiger partial charge in [-0.3, -0.25) is 0 Å². The molecule has 2 aromatic rings. The lowest BCUT2D eigenvalue weighted by Crippen LogP contribution is -2.11. The lowest BCUT2D eigenvalue weighted by molar-refractivity contribution is 0.842. The first-order valence-corrected chi connectivity index (χ1v) is 5.86. The number of rotatable bonds is 2. The molecule has 0 aliphatic rings. The van der Waals surface area contributed by atoms with Crippen molar-refractivity contribution in [2.45, 2.75) is 6.04 Å². The minimum atomic E-state index is -0.118. The minimum Gasteiger partial charge on any atom is -0.318 e. The second kappa shape index (κ2) is 4.21. The van der Waals surface area contributed by atoms with E-state index in [1.807, 2.05) is 35.7 Å². The van der Waals surface area contributed by atoms with Crippen LogP contribution in [0.15, 0.2) is 40.3 Å². The van der Waals surface area contributed by atoms with Crippen LogP contribution >= 0.6 is 27.3 Å². The van der Waals surface area contributed by atoms with Crippen LogP contribution in [0, 0.1) is 0 Å². The molecule has 14 heavy (non-hydrogen) atoms. The summed E-state index contributed by atoms with van der Waals surface area (Å²) in [4.78, 5) is 5.46. The molecular formula is C10H9BrN2S. The Morgan fingerprint density at radius 1 is 1.29 bits per heavy atom. The van der Waals surface area contributed by atoms with Crippen molar-refractivity contribution in [3.05, 3.63) is 50.9 Å². The number of nitrogens with two attached hydrogens (primary N) is 1. The van der Waals surface area contributed by atoms with Gasteiger partial charge in [0.05, 0.1) is 11.7 Å². The van der Waals surface area contributed by atoms with Crippen LogP contribution in [0.2, 0.25) is 0 Å². The van der Waals surface area contributed by atoms with Crippen molar-refractivity contribution in [3.8, 4) is 0 Å². The van der Waals surface area contributed by atoms with Gasteiger partial charge in [-0.15, -0.1) is 11.3 Å². The van der Waals surface area contributed by atoms with Crippen molar-refractivity contribution in [2.24, 2.45) is 5.73 Å². The van der Waals surface area contributed by atoms with Crippen molar-refractivity contribution < 1.29 is 0 Å². The average molecular weight is 269 g/mol. The fraction of sp³-hybridized carbons (Fsp3) is 0.100. The molecule has 2 heterocycles. The number of pyridine rings is 1. The monoisotopic (exact) mass is 268 g/mol. The molecule has 0 spiro atoms. The van der Waals surface area contributed by atoms with Crippen LogP contribution in [0.5, 0.6) is 0 Å². The third-order valence-electron chi connectivity index (χ3n) is 1.90. The van der Waals surface area contributed by atoms with Crippen LogP contribution in [0.25, 0.3) is 0 Å². The van der Waals surface area contributed by atoms with Gasteiger partial charge in [0.2, 0.25) is 0 Å². The third-order valence-corrected chi connectivity index (χ3v) is 3.30. The van der Waals surface area contributed by atoms with Crippen LogP contribution in [0.1, 0.15) is 16.6 Å². The van der Waals surface area contributed by atoms with Gasteiger partial charge in [0.15, 0.2) is 0 Å². The SMILES string of the molecule is N[C@H](c1cccc(Br)n1)c1cccs1. The summed E-state index contributed by atoms with van der Waals surface area (Å²) < 4.78 is 0.821. The number of hydrogen-bond donors (Lipinski definition) is 1. The summed E-state index contributed by atoms with van der Waals surface area (Å²) in [6, 6.07) is 9.68. The zero-order valence-electron chi connectivity index (χ0n) is 7.35. The van der Waals surface area contributed by atoms with E-state index in [2.05, 4.69) is 20.9 Å². The lowest BCUT2D eigenvalue weighted by atomic mass is 10.2. The Balaban J connectivity index is 2.32. The fourth-order valence-corrected chi connectivity index (χ4v) is 2.31. The summed E-state index contributed by atoms with van der Waals surface area (Å²) in [6.07, 6.45) is 0. The van der Waals surface area contributed by atoms with Gasteiger partial charge < -0.3 is 5.73 Å². The molecule has 0 radical (unpaired) electrons. The van der Waals surface area contributed by atoms with E-state index >= 15 is 0 Å². The summed E-state index contributed by atoms with van der Waals surface area (Å²) in [5.41, 5.74) is 6.95. The Kier molecular flexibility index (Phi) is 2.96. The van der Waals surface area contributed by atoms with E-state index in [4.69, 9.17) is 5.73 Å². The topological polar surface area (TPSA) is 38.9 Å². The third kappa shape index (κ3) is 2.03. The highest BCUT2D eigenvalue weighted by atomic mass is 79.9. The minimum absolute atomic E-state index is 0.118. The molecule has 72 valence electrons. The smallest absolute Gasteiger partial charge is 0.106 e. The number of aromatic nitrogens is 1. The molecule has 0 bridgehead atoms. The molecule has 0 saturated heterocycles. The Bertz CT molecular complexity index is 414. The first kappa shape index (κ1) is 9.83. The molecule has 0 amide bonds. The highest BCUT2D eigenvalue weighted by Gasteiger charge is 2.10. The maximum absolute atomic E-state index is 6.06. The maximum Gasteiger partial charge on any atom is 0.106 e. The second-order valence-electron chi connectivity index (χ2n) is 2.88. The highest BCUT2D eigenvalue weighted by molar-refractivity contribution is 9.10. The van der Waals surface area contributed by atoms with Gasteiger partial charge in [-0.1, -0.05) is 12.1 Å². The van der Waals surface area contributed by atoms with Gasteiger partial charge in [-0.2, -0.15) is 0 Å². The largest absolute Gasteiger partial charge is 0.318 e. The van der Waals surface area contributed by atoms with Gasteiger partial charge in [-0.05, 0) is 39.5 Å². The normalized spacial score (nSPS) is 12.7. The Morgan fingerprint density at radius 2 is 2.14 bits per heavy atom. The van der Waals surface area contributed by atoms with Crippen molar-refractivity contribution in [2.75, 3.05) is 0 Å². The second-order valence-corrected chi connectivity index (χ2v) is 4.67. The predicted molar refractivity (Wildman–Crippen MR) is 62.3 cm³/mol. The van der Waals surface area contributed by atoms with E-state index in [-0.39, 0.29) is 6.04 Å². The highest BCUT2D eigenvalue weighted by Crippen LogP contribution is 2.23. The van der Waals surface area contributed by atoms with Crippen LogP contribution in [-0.2, 0) is 0 Å². The molecule has 0 aliphatic heterocycles. The van der Waals surface area contributed by atoms with Crippen LogP contribution in [0.3, 0.4) is 0 Å². The summed E-state index contributed by atoms with van der Waals surface area (Å²) in [5.74, 6) is 0. The summed E-state index contributed by atoms with van der Waals surface area (Å²) >= 11 is 4.98. The molecule has 0 saturated carbocycles. The zero-order chi connectivity index (χ0) is 9.97. The van der Waals surface area contributed by atoms with Crippen molar-refractivity contribution in [1.82, 2.24) is 4.98 Å². The summed E-state index contributed by atoms with van der Waals surface area (Å²) in [7, 11) is 0. The molecule has 2 nitrogen and oxygen atoms in total. The number of thiophene rings is 1. The zero-order valence-corrected chi connectivity index (χ0v) is 9.75. The molecule has 0 fully saturated rings. The van der Waals surface area contributed by atoms with E-state index < -0.39 is 0 Å². The quantitative estimate of drug-likeness (QED) is 0.851. The Labute approximate surface area is 94.9 Å². The molecule has 0 aromatic carbocycles. The number of halogens is 1. The van der Waals surface area contributed by atoms with E-state index in [0.717, 1.165) is 15.2 Å². The van der Waals surface area contributed by atoms with Gasteiger partial charge in [0, 0.05) is 4.88 Å². The Hall–Kier alpha value is -0.710. The standard InChI is InChI=1S/C10H9BrN2S/c11-9-5-1-3-7(13-9)10(12)8-4-2-6-14-8/h1-6,10H,12H2/t10-/m1/s1.